The van der Waals surface area contributed by atoms with E-state index in [9.17, 15) is 29.7 Å². The Morgan fingerprint density at radius 2 is 1.71 bits per heavy atom. The number of carbonyl (C=O) groups is 3. The molecule has 1 amide bonds. The largest absolute Gasteiger partial charge is 0.481 e. The zero-order chi connectivity index (χ0) is 20.4. The number of hydrogen-bond acceptors (Lipinski definition) is 4. The van der Waals surface area contributed by atoms with Gasteiger partial charge >= 0.3 is 18.0 Å². The van der Waals surface area contributed by atoms with Crippen molar-refractivity contribution in [1.29, 1.82) is 0 Å². The lowest BCUT2D eigenvalue weighted by atomic mass is 9.74. The molecule has 2 aliphatic heterocycles. The predicted molar refractivity (Wildman–Crippen MR) is 98.8 cm³/mol. The van der Waals surface area contributed by atoms with Gasteiger partial charge in [-0.2, -0.15) is 0 Å². The molecule has 0 aromatic heterocycles. The number of aryl methyl sites for hydroxylation is 1. The van der Waals surface area contributed by atoms with Crippen LogP contribution in [0.25, 0.3) is 5.57 Å². The monoisotopic (exact) mass is 389 g/mol. The van der Waals surface area contributed by atoms with Crippen LogP contribution in [0.4, 0.5) is 4.79 Å². The van der Waals surface area contributed by atoms with Crippen LogP contribution in [0.15, 0.2) is 29.8 Å². The van der Waals surface area contributed by atoms with Gasteiger partial charge in [0.15, 0.2) is 0 Å². The third kappa shape index (κ3) is 3.73. The van der Waals surface area contributed by atoms with E-state index in [-0.39, 0.29) is 31.4 Å². The summed E-state index contributed by atoms with van der Waals surface area (Å²) in [6.45, 7) is 0.0925. The summed E-state index contributed by atoms with van der Waals surface area (Å²) in [7, 11) is 0. The minimum absolute atomic E-state index is 0.0345. The lowest BCUT2D eigenvalue weighted by Gasteiger charge is -2.47. The number of nitrogens with zero attached hydrogens (tertiary/aromatic N) is 1. The van der Waals surface area contributed by atoms with Crippen LogP contribution >= 0.6 is 0 Å². The van der Waals surface area contributed by atoms with Crippen molar-refractivity contribution >= 4 is 23.6 Å². The predicted octanol–water partition coefficient (Wildman–Crippen LogP) is 2.07. The molecule has 1 fully saturated rings. The van der Waals surface area contributed by atoms with Gasteiger partial charge in [-0.25, -0.2) is 9.59 Å². The average molecular weight is 389 g/mol. The number of carboxylic acid groups (broad SMARTS) is 3. The first-order valence-corrected chi connectivity index (χ1v) is 9.24. The van der Waals surface area contributed by atoms with Crippen LogP contribution in [0.2, 0.25) is 0 Å². The number of amides is 1. The molecule has 2 bridgehead atoms. The van der Waals surface area contributed by atoms with Crippen LogP contribution in [0.3, 0.4) is 0 Å². The molecule has 8 nitrogen and oxygen atoms in total. The van der Waals surface area contributed by atoms with Gasteiger partial charge in [-0.3, -0.25) is 9.69 Å². The van der Waals surface area contributed by atoms with Gasteiger partial charge in [-0.1, -0.05) is 24.3 Å². The van der Waals surface area contributed by atoms with E-state index in [4.69, 9.17) is 5.11 Å². The first-order chi connectivity index (χ1) is 13.3. The van der Waals surface area contributed by atoms with Crippen LogP contribution in [-0.4, -0.2) is 62.0 Å². The van der Waals surface area contributed by atoms with E-state index in [2.05, 4.69) is 0 Å². The first-order valence-electron chi connectivity index (χ1n) is 9.24. The highest BCUT2D eigenvalue weighted by Crippen LogP contribution is 2.43. The molecular formula is C20H23NO7. The molecule has 1 aromatic carbocycles. The van der Waals surface area contributed by atoms with Gasteiger partial charge in [0, 0.05) is 12.6 Å². The maximum Gasteiger partial charge on any atom is 0.408 e. The molecular weight excluding hydrogens is 366 g/mol. The van der Waals surface area contributed by atoms with E-state index in [1.54, 1.807) is 0 Å². The normalized spacial score (nSPS) is 24.2. The molecule has 0 saturated carbocycles. The molecule has 0 spiro atoms. The number of fused-ring (bicyclic) bond motifs is 2. The minimum Gasteiger partial charge on any atom is -0.481 e. The fraction of sp³-hybridized carbons (Fsp3) is 0.450. The van der Waals surface area contributed by atoms with E-state index < -0.39 is 36.0 Å². The van der Waals surface area contributed by atoms with Crippen molar-refractivity contribution in [3.05, 3.63) is 41.0 Å². The zero-order valence-electron chi connectivity index (χ0n) is 15.2. The number of piperidine rings is 1. The van der Waals surface area contributed by atoms with Gasteiger partial charge in [0.25, 0.3) is 0 Å². The number of aliphatic hydroxyl groups excluding tert-OH is 1. The van der Waals surface area contributed by atoms with Gasteiger partial charge in [-0.15, -0.1) is 0 Å². The zero-order valence-corrected chi connectivity index (χ0v) is 15.2. The van der Waals surface area contributed by atoms with Gasteiger partial charge in [0.1, 0.15) is 0 Å². The van der Waals surface area contributed by atoms with Crippen molar-refractivity contribution in [3.63, 3.8) is 0 Å². The molecule has 28 heavy (non-hydrogen) atoms. The van der Waals surface area contributed by atoms with E-state index >= 15 is 0 Å². The molecule has 150 valence electrons. The Kier molecular flexibility index (Phi) is 5.69. The summed E-state index contributed by atoms with van der Waals surface area (Å²) in [6, 6.07) is 5.82. The summed E-state index contributed by atoms with van der Waals surface area (Å²) < 4.78 is 0. The summed E-state index contributed by atoms with van der Waals surface area (Å²) in [5, 5.41) is 37.7. The van der Waals surface area contributed by atoms with E-state index in [0.717, 1.165) is 10.5 Å². The molecule has 0 unspecified atom stereocenters. The summed E-state index contributed by atoms with van der Waals surface area (Å²) in [5.74, 6) is -3.01. The Bertz CT molecular complexity index is 814. The lowest BCUT2D eigenvalue weighted by molar-refractivity contribution is -0.145. The van der Waals surface area contributed by atoms with Crippen LogP contribution < -0.4 is 0 Å². The highest BCUT2D eigenvalue weighted by Gasteiger charge is 2.48. The average Bonchev–Trinajstić information content (AvgIpc) is 2.64. The fourth-order valence-corrected chi connectivity index (χ4v) is 4.35. The molecule has 8 heteroatoms. The van der Waals surface area contributed by atoms with Crippen molar-refractivity contribution < 1.29 is 34.8 Å². The van der Waals surface area contributed by atoms with E-state index in [0.29, 0.717) is 24.0 Å². The summed E-state index contributed by atoms with van der Waals surface area (Å²) >= 11 is 0. The highest BCUT2D eigenvalue weighted by atomic mass is 16.4. The summed E-state index contributed by atoms with van der Waals surface area (Å²) in [5.41, 5.74) is 2.26. The lowest BCUT2D eigenvalue weighted by Crippen LogP contribution is -2.57. The second-order valence-electron chi connectivity index (χ2n) is 7.29. The molecule has 0 aliphatic carbocycles. The SMILES string of the molecule is O=C(O)C1=C(c2ccc(CCCO)cc2)C[C@@H]2C[C@@H](C(=O)O)C[C@H]1N2C(=O)O. The quantitative estimate of drug-likeness (QED) is 0.585. The fourth-order valence-electron chi connectivity index (χ4n) is 4.35. The smallest absolute Gasteiger partial charge is 0.408 e. The van der Waals surface area contributed by atoms with Crippen molar-refractivity contribution in [3.8, 4) is 0 Å². The molecule has 1 aromatic rings. The molecule has 2 heterocycles. The summed E-state index contributed by atoms with van der Waals surface area (Å²) in [6.07, 6.45) is 0.415. The Balaban J connectivity index is 2.02. The van der Waals surface area contributed by atoms with Crippen molar-refractivity contribution in [1.82, 2.24) is 4.90 Å². The van der Waals surface area contributed by atoms with Crippen LogP contribution in [-0.2, 0) is 16.0 Å². The van der Waals surface area contributed by atoms with Crippen molar-refractivity contribution in [2.45, 2.75) is 44.2 Å². The van der Waals surface area contributed by atoms with Gasteiger partial charge in [-0.05, 0) is 48.8 Å². The van der Waals surface area contributed by atoms with Crippen LogP contribution in [0.1, 0.15) is 36.8 Å². The van der Waals surface area contributed by atoms with Gasteiger partial charge in [0.05, 0.1) is 17.5 Å². The van der Waals surface area contributed by atoms with Gasteiger partial charge in [0.2, 0.25) is 0 Å². The number of hydrogen-bond donors (Lipinski definition) is 4. The Labute approximate surface area is 161 Å². The van der Waals surface area contributed by atoms with Crippen molar-refractivity contribution in [2.75, 3.05) is 6.61 Å². The van der Waals surface area contributed by atoms with Crippen LogP contribution in [0, 0.1) is 5.92 Å². The first kappa shape index (κ1) is 19.9. The van der Waals surface area contributed by atoms with Gasteiger partial charge < -0.3 is 20.4 Å². The standard InChI is InChI=1S/C20H23NO7/c22-7-1-2-11-3-5-12(6-4-11)15-10-14-8-13(18(23)24)9-16(17(15)19(25)26)21(14)20(27)28/h3-6,13-14,16,22H,1-2,7-10H2,(H,23,24)(H,25,26)(H,27,28)/t13-,14+,16-/m1/s1. The number of aliphatic carboxylic acids is 2. The molecule has 2 aliphatic rings. The van der Waals surface area contributed by atoms with E-state index in [1.165, 1.54) is 0 Å². The third-order valence-electron chi connectivity index (χ3n) is 5.62. The number of benzene rings is 1. The third-order valence-corrected chi connectivity index (χ3v) is 5.62. The second-order valence-corrected chi connectivity index (χ2v) is 7.29. The summed E-state index contributed by atoms with van der Waals surface area (Å²) in [4.78, 5) is 36.4. The molecule has 3 atom stereocenters. The van der Waals surface area contributed by atoms with Crippen molar-refractivity contribution in [2.24, 2.45) is 5.92 Å². The topological polar surface area (TPSA) is 135 Å². The maximum atomic E-state index is 12.0. The molecule has 3 rings (SSSR count). The molecule has 1 saturated heterocycles. The maximum absolute atomic E-state index is 12.0. The Hall–Kier alpha value is -2.87. The minimum atomic E-state index is -1.23. The van der Waals surface area contributed by atoms with Crippen LogP contribution in [0.5, 0.6) is 0 Å². The number of carboxylic acids is 2. The second kappa shape index (κ2) is 8.02. The Morgan fingerprint density at radius 1 is 1.04 bits per heavy atom. The highest BCUT2D eigenvalue weighted by molar-refractivity contribution is 5.99. The number of aliphatic hydroxyl groups is 1. The number of rotatable bonds is 6. The Morgan fingerprint density at radius 3 is 2.25 bits per heavy atom. The molecule has 4 N–H and O–H groups in total. The molecule has 0 radical (unpaired) electrons. The van der Waals surface area contributed by atoms with E-state index in [1.807, 2.05) is 24.3 Å².